The molecule has 0 saturated carbocycles. The van der Waals surface area contributed by atoms with Crippen molar-refractivity contribution in [1.29, 1.82) is 0 Å². The topological polar surface area (TPSA) is 26.3 Å². The van der Waals surface area contributed by atoms with Gasteiger partial charge in [0.1, 0.15) is 12.4 Å². The standard InChI is InChI=1S/C15H18F2O2/c1-2-3-9-14(18)10-11-19-12-15(16,17)13-7-5-4-6-8-13/h2,4-8H,1,3,9-12H2. The first-order valence-electron chi connectivity index (χ1n) is 6.20. The average molecular weight is 268 g/mol. The number of benzene rings is 1. The number of ketones is 1. The Morgan fingerprint density at radius 2 is 1.95 bits per heavy atom. The lowest BCUT2D eigenvalue weighted by Crippen LogP contribution is -2.22. The summed E-state index contributed by atoms with van der Waals surface area (Å²) in [6.45, 7) is 2.84. The summed E-state index contributed by atoms with van der Waals surface area (Å²) in [7, 11) is 0. The average Bonchev–Trinajstić information content (AvgIpc) is 2.42. The SMILES string of the molecule is C=CCCC(=O)CCOCC(F)(F)c1ccccc1. The summed E-state index contributed by atoms with van der Waals surface area (Å²) in [6.07, 6.45) is 2.82. The maximum absolute atomic E-state index is 13.7. The lowest BCUT2D eigenvalue weighted by Gasteiger charge is -2.16. The number of carbonyl (C=O) groups excluding carboxylic acids is 1. The molecule has 1 rings (SSSR count). The zero-order chi connectivity index (χ0) is 14.1. The molecule has 1 aromatic carbocycles. The molecule has 0 amide bonds. The number of rotatable bonds is 9. The van der Waals surface area contributed by atoms with Gasteiger partial charge in [-0.25, -0.2) is 0 Å². The molecule has 0 aromatic heterocycles. The van der Waals surface area contributed by atoms with Gasteiger partial charge in [0, 0.05) is 18.4 Å². The van der Waals surface area contributed by atoms with Crippen molar-refractivity contribution in [2.24, 2.45) is 0 Å². The predicted molar refractivity (Wildman–Crippen MR) is 70.2 cm³/mol. The van der Waals surface area contributed by atoms with Crippen molar-refractivity contribution in [1.82, 2.24) is 0 Å². The highest BCUT2D eigenvalue weighted by Crippen LogP contribution is 2.27. The van der Waals surface area contributed by atoms with Gasteiger partial charge in [0.15, 0.2) is 0 Å². The van der Waals surface area contributed by atoms with Crippen LogP contribution in [0.4, 0.5) is 8.78 Å². The van der Waals surface area contributed by atoms with Gasteiger partial charge in [0.25, 0.3) is 5.92 Å². The van der Waals surface area contributed by atoms with Crippen molar-refractivity contribution >= 4 is 5.78 Å². The van der Waals surface area contributed by atoms with Crippen LogP contribution in [-0.2, 0) is 15.5 Å². The number of Topliss-reactive ketones (excluding diaryl/α,β-unsaturated/α-hetero) is 1. The molecule has 0 N–H and O–H groups in total. The molecule has 1 aromatic rings. The van der Waals surface area contributed by atoms with E-state index in [0.29, 0.717) is 12.8 Å². The van der Waals surface area contributed by atoms with E-state index in [1.807, 2.05) is 0 Å². The molecular weight excluding hydrogens is 250 g/mol. The van der Waals surface area contributed by atoms with Crippen molar-refractivity contribution in [3.8, 4) is 0 Å². The highest BCUT2D eigenvalue weighted by Gasteiger charge is 2.31. The molecule has 0 radical (unpaired) electrons. The van der Waals surface area contributed by atoms with Gasteiger partial charge in [0.05, 0.1) is 6.61 Å². The van der Waals surface area contributed by atoms with E-state index < -0.39 is 12.5 Å². The van der Waals surface area contributed by atoms with Gasteiger partial charge in [-0.15, -0.1) is 6.58 Å². The largest absolute Gasteiger partial charge is 0.374 e. The molecular formula is C15H18F2O2. The predicted octanol–water partition coefficient (Wildman–Crippen LogP) is 3.72. The van der Waals surface area contributed by atoms with Crippen molar-refractivity contribution < 1.29 is 18.3 Å². The van der Waals surface area contributed by atoms with Gasteiger partial charge in [0.2, 0.25) is 0 Å². The first kappa shape index (κ1) is 15.5. The van der Waals surface area contributed by atoms with Gasteiger partial charge in [-0.1, -0.05) is 36.4 Å². The van der Waals surface area contributed by atoms with Crippen molar-refractivity contribution in [2.45, 2.75) is 25.2 Å². The van der Waals surface area contributed by atoms with Gasteiger partial charge in [-0.05, 0) is 6.42 Å². The second kappa shape index (κ2) is 7.79. The third-order valence-electron chi connectivity index (χ3n) is 2.63. The van der Waals surface area contributed by atoms with E-state index in [0.717, 1.165) is 0 Å². The third kappa shape index (κ3) is 5.75. The molecule has 0 saturated heterocycles. The Kier molecular flexibility index (Phi) is 6.36. The molecule has 19 heavy (non-hydrogen) atoms. The van der Waals surface area contributed by atoms with Gasteiger partial charge in [-0.2, -0.15) is 8.78 Å². The Bertz CT molecular complexity index is 402. The van der Waals surface area contributed by atoms with Crippen LogP contribution in [0.1, 0.15) is 24.8 Å². The van der Waals surface area contributed by atoms with E-state index in [-0.39, 0.29) is 24.4 Å². The summed E-state index contributed by atoms with van der Waals surface area (Å²) in [5.74, 6) is -3.02. The summed E-state index contributed by atoms with van der Waals surface area (Å²) in [4.78, 5) is 11.3. The zero-order valence-electron chi connectivity index (χ0n) is 10.8. The molecule has 0 heterocycles. The van der Waals surface area contributed by atoms with Crippen LogP contribution in [0, 0.1) is 0 Å². The quantitative estimate of drug-likeness (QED) is 0.504. The van der Waals surface area contributed by atoms with Crippen LogP contribution in [-0.4, -0.2) is 19.0 Å². The number of halogens is 2. The fraction of sp³-hybridized carbons (Fsp3) is 0.400. The minimum absolute atomic E-state index is 0.00271. The van der Waals surface area contributed by atoms with Gasteiger partial charge >= 0.3 is 0 Å². The lowest BCUT2D eigenvalue weighted by molar-refractivity contribution is -0.122. The summed E-state index contributed by atoms with van der Waals surface area (Å²) < 4.78 is 32.2. The maximum Gasteiger partial charge on any atom is 0.296 e. The molecule has 4 heteroatoms. The highest BCUT2D eigenvalue weighted by atomic mass is 19.3. The summed E-state index contributed by atoms with van der Waals surface area (Å²) in [6, 6.07) is 7.51. The van der Waals surface area contributed by atoms with Gasteiger partial charge < -0.3 is 4.74 Å². The van der Waals surface area contributed by atoms with Crippen LogP contribution in [0.2, 0.25) is 0 Å². The Balaban J connectivity index is 2.29. The molecule has 0 unspecified atom stereocenters. The summed E-state index contributed by atoms with van der Waals surface area (Å²) in [5.41, 5.74) is -0.0759. The number of hydrogen-bond donors (Lipinski definition) is 0. The van der Waals surface area contributed by atoms with E-state index >= 15 is 0 Å². The molecule has 0 fully saturated rings. The summed E-state index contributed by atoms with van der Waals surface area (Å²) >= 11 is 0. The monoisotopic (exact) mass is 268 g/mol. The van der Waals surface area contributed by atoms with Crippen LogP contribution < -0.4 is 0 Å². The molecule has 104 valence electrons. The van der Waals surface area contributed by atoms with E-state index in [2.05, 4.69) is 6.58 Å². The number of ether oxygens (including phenoxy) is 1. The minimum atomic E-state index is -3.02. The molecule has 0 aliphatic heterocycles. The second-order valence-corrected chi connectivity index (χ2v) is 4.24. The molecule has 0 bridgehead atoms. The van der Waals surface area contributed by atoms with E-state index in [4.69, 9.17) is 4.74 Å². The minimum Gasteiger partial charge on any atom is -0.374 e. The number of alkyl halides is 2. The zero-order valence-corrected chi connectivity index (χ0v) is 10.8. The second-order valence-electron chi connectivity index (χ2n) is 4.24. The molecule has 0 atom stereocenters. The lowest BCUT2D eigenvalue weighted by atomic mass is 10.1. The molecule has 2 nitrogen and oxygen atoms in total. The Hall–Kier alpha value is -1.55. The maximum atomic E-state index is 13.7. The first-order chi connectivity index (χ1) is 9.06. The van der Waals surface area contributed by atoms with Gasteiger partial charge in [-0.3, -0.25) is 4.79 Å². The van der Waals surface area contributed by atoms with Crippen LogP contribution >= 0.6 is 0 Å². The van der Waals surface area contributed by atoms with E-state index in [1.165, 1.54) is 12.1 Å². The third-order valence-corrected chi connectivity index (χ3v) is 2.63. The van der Waals surface area contributed by atoms with Crippen LogP contribution in [0.25, 0.3) is 0 Å². The van der Waals surface area contributed by atoms with E-state index in [1.54, 1.807) is 24.3 Å². The van der Waals surface area contributed by atoms with E-state index in [9.17, 15) is 13.6 Å². The van der Waals surface area contributed by atoms with Crippen LogP contribution in [0.5, 0.6) is 0 Å². The fourth-order valence-electron chi connectivity index (χ4n) is 1.54. The van der Waals surface area contributed by atoms with Crippen molar-refractivity contribution in [3.63, 3.8) is 0 Å². The molecule has 0 aliphatic rings. The van der Waals surface area contributed by atoms with Crippen molar-refractivity contribution in [2.75, 3.05) is 13.2 Å². The Morgan fingerprint density at radius 1 is 1.26 bits per heavy atom. The van der Waals surface area contributed by atoms with Crippen molar-refractivity contribution in [3.05, 3.63) is 48.6 Å². The first-order valence-corrected chi connectivity index (χ1v) is 6.20. The number of hydrogen-bond acceptors (Lipinski definition) is 2. The highest BCUT2D eigenvalue weighted by molar-refractivity contribution is 5.78. The summed E-state index contributed by atoms with van der Waals surface area (Å²) in [5, 5.41) is 0. The number of allylic oxidation sites excluding steroid dienone is 1. The Labute approximate surface area is 112 Å². The van der Waals surface area contributed by atoms with Crippen LogP contribution in [0.3, 0.4) is 0 Å². The Morgan fingerprint density at radius 3 is 2.58 bits per heavy atom. The molecule has 0 aliphatic carbocycles. The molecule has 0 spiro atoms. The fourth-order valence-corrected chi connectivity index (χ4v) is 1.54. The number of carbonyl (C=O) groups is 1. The normalized spacial score (nSPS) is 11.3. The van der Waals surface area contributed by atoms with Crippen LogP contribution in [0.15, 0.2) is 43.0 Å². The smallest absolute Gasteiger partial charge is 0.296 e.